The van der Waals surface area contributed by atoms with Gasteiger partial charge in [0.2, 0.25) is 0 Å². The van der Waals surface area contributed by atoms with E-state index in [2.05, 4.69) is 0 Å². The molecule has 1 atom stereocenters. The molecule has 3 nitrogen and oxygen atoms in total. The van der Waals surface area contributed by atoms with E-state index in [0.717, 1.165) is 5.56 Å². The number of hydrogen-bond acceptors (Lipinski definition) is 1. The van der Waals surface area contributed by atoms with E-state index in [0.29, 0.717) is 0 Å². The first-order chi connectivity index (χ1) is 6.02. The molecule has 1 unspecified atom stereocenters. The maximum atomic E-state index is 11.5. The first-order valence-electron chi connectivity index (χ1n) is 3.86. The van der Waals surface area contributed by atoms with Crippen molar-refractivity contribution in [2.24, 2.45) is 0 Å². The third-order valence-electron chi connectivity index (χ3n) is 1.61. The lowest BCUT2D eigenvalue weighted by Gasteiger charge is -2.11. The molecule has 0 spiro atoms. The van der Waals surface area contributed by atoms with E-state index in [-0.39, 0.29) is 0 Å². The summed E-state index contributed by atoms with van der Waals surface area (Å²) in [4.78, 5) is 0. The Kier molecular flexibility index (Phi) is 3.08. The minimum absolute atomic E-state index is 0.753. The molecule has 1 aromatic carbocycles. The smallest absolute Gasteiger partial charge is 0.147 e. The van der Waals surface area contributed by atoms with Crippen LogP contribution < -0.4 is 0 Å². The molecule has 72 valence electrons. The van der Waals surface area contributed by atoms with Gasteiger partial charge in [0.1, 0.15) is 9.99 Å². The zero-order valence-electron chi connectivity index (χ0n) is 7.68. The highest BCUT2D eigenvalue weighted by molar-refractivity contribution is 7.94. The fourth-order valence-electron chi connectivity index (χ4n) is 0.814. The molecule has 0 aliphatic heterocycles. The number of benzene rings is 1. The third kappa shape index (κ3) is 2.84. The van der Waals surface area contributed by atoms with Crippen LogP contribution in [0.1, 0.15) is 5.56 Å². The van der Waals surface area contributed by atoms with Crippen LogP contribution in [0, 0.1) is 0 Å². The van der Waals surface area contributed by atoms with Crippen molar-refractivity contribution in [3.05, 3.63) is 35.9 Å². The van der Waals surface area contributed by atoms with Gasteiger partial charge in [-0.2, -0.15) is 0 Å². The van der Waals surface area contributed by atoms with Gasteiger partial charge in [-0.1, -0.05) is 30.3 Å². The minimum Gasteiger partial charge on any atom is -0.302 e. The average molecular weight is 199 g/mol. The molecule has 4 heteroatoms. The normalized spacial score (nSPS) is 15.4. The fourth-order valence-corrected chi connectivity index (χ4v) is 1.54. The first-order valence-corrected chi connectivity index (χ1v) is 5.40. The zero-order chi connectivity index (χ0) is 9.90. The van der Waals surface area contributed by atoms with Crippen molar-refractivity contribution in [3.8, 4) is 0 Å². The van der Waals surface area contributed by atoms with E-state index < -0.39 is 9.99 Å². The van der Waals surface area contributed by atoms with Crippen molar-refractivity contribution in [3.63, 3.8) is 0 Å². The van der Waals surface area contributed by atoms with Gasteiger partial charge in [-0.25, -0.2) is 8.51 Å². The van der Waals surface area contributed by atoms with Crippen molar-refractivity contribution in [2.45, 2.75) is 0 Å². The van der Waals surface area contributed by atoms with Crippen molar-refractivity contribution in [1.82, 2.24) is 4.31 Å². The van der Waals surface area contributed by atoms with E-state index in [4.69, 9.17) is 0 Å². The van der Waals surface area contributed by atoms with Crippen LogP contribution in [0.5, 0.6) is 0 Å². The molecular formula is C9H13NO2S. The molecule has 0 aliphatic carbocycles. The maximum Gasteiger partial charge on any atom is 0.147 e. The monoisotopic (exact) mass is 199 g/mol. The van der Waals surface area contributed by atoms with Crippen molar-refractivity contribution >= 4 is 15.4 Å². The summed E-state index contributed by atoms with van der Waals surface area (Å²) >= 11 is 0. The van der Waals surface area contributed by atoms with Gasteiger partial charge < -0.3 is 4.55 Å². The van der Waals surface area contributed by atoms with Gasteiger partial charge in [0.05, 0.1) is 0 Å². The van der Waals surface area contributed by atoms with Crippen LogP contribution in [0.4, 0.5) is 0 Å². The van der Waals surface area contributed by atoms with E-state index in [1.807, 2.05) is 18.2 Å². The summed E-state index contributed by atoms with van der Waals surface area (Å²) < 4.78 is 22.2. The van der Waals surface area contributed by atoms with Gasteiger partial charge in [-0.3, -0.25) is 0 Å². The van der Waals surface area contributed by atoms with Crippen LogP contribution in [0.25, 0.3) is 0 Å². The Balaban J connectivity index is 3.09. The molecule has 0 radical (unpaired) electrons. The van der Waals surface area contributed by atoms with Gasteiger partial charge in [0.25, 0.3) is 0 Å². The van der Waals surface area contributed by atoms with Crippen LogP contribution in [-0.4, -0.2) is 32.5 Å². The lowest BCUT2D eigenvalue weighted by molar-refractivity contribution is 0.485. The van der Waals surface area contributed by atoms with Gasteiger partial charge in [0.15, 0.2) is 0 Å². The maximum absolute atomic E-state index is 11.5. The van der Waals surface area contributed by atoms with Gasteiger partial charge in [-0.15, -0.1) is 0 Å². The summed E-state index contributed by atoms with van der Waals surface area (Å²) in [7, 11) is 0.149. The summed E-state index contributed by atoms with van der Waals surface area (Å²) in [6.45, 7) is 0. The predicted molar refractivity (Wildman–Crippen MR) is 56.1 cm³/mol. The van der Waals surface area contributed by atoms with E-state index >= 15 is 0 Å². The van der Waals surface area contributed by atoms with E-state index in [1.165, 1.54) is 9.67 Å². The SMILES string of the molecule is CN(C)S(=O)(O)=Cc1ccccc1. The summed E-state index contributed by atoms with van der Waals surface area (Å²) in [5, 5.41) is 1.35. The largest absolute Gasteiger partial charge is 0.302 e. The standard InChI is InChI=1S/C9H13NO2S/c1-10(2)13(11,12)8-9-6-4-3-5-7-9/h3-8H,1-2H3,(H,11,12). The Morgan fingerprint density at radius 2 is 1.85 bits per heavy atom. The van der Waals surface area contributed by atoms with Gasteiger partial charge in [0, 0.05) is 19.5 Å². The van der Waals surface area contributed by atoms with Crippen molar-refractivity contribution < 1.29 is 8.76 Å². The first kappa shape index (κ1) is 10.2. The molecule has 0 bridgehead atoms. The highest BCUT2D eigenvalue weighted by Gasteiger charge is 2.03. The van der Waals surface area contributed by atoms with E-state index in [9.17, 15) is 8.76 Å². The zero-order valence-corrected chi connectivity index (χ0v) is 8.49. The van der Waals surface area contributed by atoms with Crippen LogP contribution in [0.3, 0.4) is 0 Å². The minimum atomic E-state index is -2.99. The third-order valence-corrected chi connectivity index (χ3v) is 3.24. The summed E-state index contributed by atoms with van der Waals surface area (Å²) in [6, 6.07) is 9.11. The lowest BCUT2D eigenvalue weighted by Crippen LogP contribution is -2.23. The van der Waals surface area contributed by atoms with Crippen molar-refractivity contribution in [1.29, 1.82) is 0 Å². The molecular weight excluding hydrogens is 186 g/mol. The molecule has 1 N–H and O–H groups in total. The Labute approximate surface area is 79.0 Å². The van der Waals surface area contributed by atoms with E-state index in [1.54, 1.807) is 26.2 Å². The molecule has 0 heterocycles. The Bertz CT molecular complexity index is 378. The number of nitrogens with zero attached hydrogens (tertiary/aromatic N) is 1. The molecule has 0 saturated carbocycles. The molecule has 0 aliphatic rings. The summed E-state index contributed by atoms with van der Waals surface area (Å²) in [5.41, 5.74) is 0.753. The highest BCUT2D eigenvalue weighted by atomic mass is 32.2. The molecule has 0 aromatic heterocycles. The van der Waals surface area contributed by atoms with Crippen LogP contribution in [-0.2, 0) is 9.99 Å². The molecule has 0 saturated heterocycles. The van der Waals surface area contributed by atoms with Gasteiger partial charge >= 0.3 is 0 Å². The molecule has 0 fully saturated rings. The molecule has 1 aromatic rings. The highest BCUT2D eigenvalue weighted by Crippen LogP contribution is 1.98. The second-order valence-corrected chi connectivity index (χ2v) is 4.92. The Morgan fingerprint density at radius 3 is 2.31 bits per heavy atom. The molecule has 13 heavy (non-hydrogen) atoms. The lowest BCUT2D eigenvalue weighted by atomic mass is 10.2. The average Bonchev–Trinajstić information content (AvgIpc) is 2.05. The second-order valence-electron chi connectivity index (χ2n) is 2.88. The van der Waals surface area contributed by atoms with Crippen LogP contribution >= 0.6 is 0 Å². The van der Waals surface area contributed by atoms with Crippen molar-refractivity contribution in [2.75, 3.05) is 14.1 Å². The Hall–Kier alpha value is -0.840. The van der Waals surface area contributed by atoms with Crippen LogP contribution in [0.15, 0.2) is 30.3 Å². The number of rotatable bonds is 2. The summed E-state index contributed by atoms with van der Waals surface area (Å²) in [5.74, 6) is 0. The number of hydrogen-bond donors (Lipinski definition) is 1. The molecule has 1 rings (SSSR count). The quantitative estimate of drug-likeness (QED) is 0.724. The predicted octanol–water partition coefficient (Wildman–Crippen LogP) is 1.07. The second kappa shape index (κ2) is 3.91. The topological polar surface area (TPSA) is 40.5 Å². The van der Waals surface area contributed by atoms with Crippen LogP contribution in [0.2, 0.25) is 0 Å². The summed E-state index contributed by atoms with van der Waals surface area (Å²) in [6.07, 6.45) is 0. The Morgan fingerprint density at radius 1 is 1.31 bits per heavy atom. The fraction of sp³-hybridized carbons (Fsp3) is 0.222. The molecule has 0 amide bonds. The van der Waals surface area contributed by atoms with Gasteiger partial charge in [-0.05, 0) is 5.56 Å².